The van der Waals surface area contributed by atoms with Gasteiger partial charge in [-0.15, -0.1) is 0 Å². The van der Waals surface area contributed by atoms with Gasteiger partial charge in [0.15, 0.2) is 0 Å². The van der Waals surface area contributed by atoms with Gasteiger partial charge in [0.25, 0.3) is 0 Å². The average Bonchev–Trinajstić information content (AvgIpc) is 2.67. The Morgan fingerprint density at radius 2 is 2.31 bits per heavy atom. The zero-order valence-electron chi connectivity index (χ0n) is 10.2. The molecule has 1 aliphatic heterocycles. The van der Waals surface area contributed by atoms with Gasteiger partial charge in [0.1, 0.15) is 5.82 Å². The summed E-state index contributed by atoms with van der Waals surface area (Å²) >= 11 is 0. The molecule has 3 nitrogen and oxygen atoms in total. The van der Waals surface area contributed by atoms with Crippen molar-refractivity contribution in [2.45, 2.75) is 39.2 Å². The van der Waals surface area contributed by atoms with E-state index >= 15 is 0 Å². The number of aryl methyl sites for hydroxylation is 1. The van der Waals surface area contributed by atoms with Gasteiger partial charge in [-0.05, 0) is 50.9 Å². The zero-order valence-corrected chi connectivity index (χ0v) is 10.2. The Kier molecular flexibility index (Phi) is 3.44. The summed E-state index contributed by atoms with van der Waals surface area (Å²) in [4.78, 5) is 6.93. The fourth-order valence-electron chi connectivity index (χ4n) is 2.68. The number of nitrogens with zero attached hydrogens (tertiary/aromatic N) is 2. The topological polar surface area (TPSA) is 42.1 Å². The van der Waals surface area contributed by atoms with Gasteiger partial charge in [0, 0.05) is 11.7 Å². The maximum absolute atomic E-state index is 5.69. The van der Waals surface area contributed by atoms with E-state index in [9.17, 15) is 0 Å². The molecule has 1 aliphatic rings. The Balaban J connectivity index is 2.22. The van der Waals surface area contributed by atoms with Gasteiger partial charge in [-0.3, -0.25) is 4.90 Å². The average molecular weight is 219 g/mol. The summed E-state index contributed by atoms with van der Waals surface area (Å²) in [6, 6.07) is 4.63. The number of anilines is 1. The van der Waals surface area contributed by atoms with Gasteiger partial charge < -0.3 is 5.73 Å². The quantitative estimate of drug-likeness (QED) is 0.849. The summed E-state index contributed by atoms with van der Waals surface area (Å²) in [5.74, 6) is 0.626. The number of rotatable bonds is 3. The smallest absolute Gasteiger partial charge is 0.123 e. The molecule has 0 amide bonds. The summed E-state index contributed by atoms with van der Waals surface area (Å²) in [7, 11) is 0. The number of likely N-dealkylation sites (tertiary alicyclic amines) is 1. The summed E-state index contributed by atoms with van der Waals surface area (Å²) < 4.78 is 0. The van der Waals surface area contributed by atoms with E-state index in [1.165, 1.54) is 37.9 Å². The van der Waals surface area contributed by atoms with Crippen LogP contribution in [0.1, 0.15) is 43.5 Å². The van der Waals surface area contributed by atoms with Crippen LogP contribution in [0.15, 0.2) is 12.1 Å². The predicted octanol–water partition coefficient (Wildman–Crippen LogP) is 2.52. The zero-order chi connectivity index (χ0) is 11.5. The Labute approximate surface area is 97.7 Å². The Hall–Kier alpha value is -1.09. The molecule has 0 saturated carbocycles. The SMILES string of the molecule is CCCN1CCCC1c1ccc(N)nc1C. The number of nitrogen functional groups attached to an aromatic ring is 1. The van der Waals surface area contributed by atoms with Crippen molar-refractivity contribution >= 4 is 5.82 Å². The molecule has 1 unspecified atom stereocenters. The van der Waals surface area contributed by atoms with Crippen molar-refractivity contribution in [2.75, 3.05) is 18.8 Å². The third-order valence-electron chi connectivity index (χ3n) is 3.38. The molecule has 0 aliphatic carbocycles. The van der Waals surface area contributed by atoms with Crippen LogP contribution in [-0.2, 0) is 0 Å². The first-order chi connectivity index (χ1) is 7.72. The third kappa shape index (κ3) is 2.19. The van der Waals surface area contributed by atoms with Crippen molar-refractivity contribution in [3.63, 3.8) is 0 Å². The van der Waals surface area contributed by atoms with Gasteiger partial charge >= 0.3 is 0 Å². The molecule has 1 aromatic heterocycles. The van der Waals surface area contributed by atoms with Crippen LogP contribution in [-0.4, -0.2) is 23.0 Å². The van der Waals surface area contributed by atoms with Crippen molar-refractivity contribution < 1.29 is 0 Å². The van der Waals surface area contributed by atoms with Crippen LogP contribution in [0.4, 0.5) is 5.82 Å². The van der Waals surface area contributed by atoms with Crippen molar-refractivity contribution in [2.24, 2.45) is 0 Å². The highest BCUT2D eigenvalue weighted by Crippen LogP contribution is 2.33. The monoisotopic (exact) mass is 219 g/mol. The number of pyridine rings is 1. The molecule has 1 atom stereocenters. The highest BCUT2D eigenvalue weighted by molar-refractivity contribution is 5.35. The second-order valence-electron chi connectivity index (χ2n) is 4.60. The fraction of sp³-hybridized carbons (Fsp3) is 0.615. The molecule has 88 valence electrons. The van der Waals surface area contributed by atoms with Crippen LogP contribution in [0.5, 0.6) is 0 Å². The van der Waals surface area contributed by atoms with Crippen molar-refractivity contribution in [3.8, 4) is 0 Å². The van der Waals surface area contributed by atoms with E-state index in [1.807, 2.05) is 6.07 Å². The highest BCUT2D eigenvalue weighted by atomic mass is 15.2. The minimum Gasteiger partial charge on any atom is -0.384 e. The first kappa shape index (κ1) is 11.4. The molecular formula is C13H21N3. The molecular weight excluding hydrogens is 198 g/mol. The second-order valence-corrected chi connectivity index (χ2v) is 4.60. The highest BCUT2D eigenvalue weighted by Gasteiger charge is 2.26. The van der Waals surface area contributed by atoms with Crippen LogP contribution in [0.25, 0.3) is 0 Å². The van der Waals surface area contributed by atoms with Gasteiger partial charge in [0.05, 0.1) is 0 Å². The molecule has 1 aromatic rings. The van der Waals surface area contributed by atoms with Crippen LogP contribution >= 0.6 is 0 Å². The number of hydrogen-bond donors (Lipinski definition) is 1. The minimum atomic E-state index is 0.563. The lowest BCUT2D eigenvalue weighted by atomic mass is 10.0. The normalized spacial score (nSPS) is 21.5. The Morgan fingerprint density at radius 3 is 3.00 bits per heavy atom. The molecule has 0 radical (unpaired) electrons. The summed E-state index contributed by atoms with van der Waals surface area (Å²) in [6.07, 6.45) is 3.78. The minimum absolute atomic E-state index is 0.563. The molecule has 16 heavy (non-hydrogen) atoms. The summed E-state index contributed by atoms with van der Waals surface area (Å²) in [5.41, 5.74) is 8.15. The van der Waals surface area contributed by atoms with E-state index in [0.717, 1.165) is 5.69 Å². The van der Waals surface area contributed by atoms with Crippen molar-refractivity contribution in [3.05, 3.63) is 23.4 Å². The van der Waals surface area contributed by atoms with E-state index in [1.54, 1.807) is 0 Å². The molecule has 1 fully saturated rings. The van der Waals surface area contributed by atoms with Gasteiger partial charge in [0.2, 0.25) is 0 Å². The predicted molar refractivity (Wildman–Crippen MR) is 67.2 cm³/mol. The lowest BCUT2D eigenvalue weighted by Gasteiger charge is -2.25. The molecule has 0 bridgehead atoms. The van der Waals surface area contributed by atoms with Gasteiger partial charge in [-0.25, -0.2) is 4.98 Å². The largest absolute Gasteiger partial charge is 0.384 e. The summed E-state index contributed by atoms with van der Waals surface area (Å²) in [5, 5.41) is 0. The van der Waals surface area contributed by atoms with Crippen LogP contribution in [0, 0.1) is 6.92 Å². The summed E-state index contributed by atoms with van der Waals surface area (Å²) in [6.45, 7) is 6.72. The van der Waals surface area contributed by atoms with E-state index in [4.69, 9.17) is 5.73 Å². The van der Waals surface area contributed by atoms with E-state index < -0.39 is 0 Å². The van der Waals surface area contributed by atoms with Crippen molar-refractivity contribution in [1.29, 1.82) is 0 Å². The Bertz CT molecular complexity index is 362. The Morgan fingerprint density at radius 1 is 1.50 bits per heavy atom. The van der Waals surface area contributed by atoms with Gasteiger partial charge in [-0.2, -0.15) is 0 Å². The first-order valence-corrected chi connectivity index (χ1v) is 6.19. The maximum atomic E-state index is 5.69. The lowest BCUT2D eigenvalue weighted by molar-refractivity contribution is 0.257. The molecule has 2 heterocycles. The number of nitrogens with two attached hydrogens (primary N) is 1. The molecule has 2 rings (SSSR count). The molecule has 0 spiro atoms. The van der Waals surface area contributed by atoms with Crippen LogP contribution in [0.2, 0.25) is 0 Å². The van der Waals surface area contributed by atoms with E-state index in [2.05, 4.69) is 29.8 Å². The molecule has 2 N–H and O–H groups in total. The standard InChI is InChI=1S/C13H21N3/c1-3-8-16-9-4-5-12(16)11-6-7-13(14)15-10(11)2/h6-7,12H,3-5,8-9H2,1-2H3,(H2,14,15). The second kappa shape index (κ2) is 4.83. The maximum Gasteiger partial charge on any atom is 0.123 e. The molecule has 3 heteroatoms. The third-order valence-corrected chi connectivity index (χ3v) is 3.38. The molecule has 1 saturated heterocycles. The van der Waals surface area contributed by atoms with Crippen LogP contribution < -0.4 is 5.73 Å². The number of hydrogen-bond acceptors (Lipinski definition) is 3. The molecule has 0 aromatic carbocycles. The lowest BCUT2D eigenvalue weighted by Crippen LogP contribution is -2.24. The van der Waals surface area contributed by atoms with E-state index in [-0.39, 0.29) is 0 Å². The number of aromatic nitrogens is 1. The van der Waals surface area contributed by atoms with Crippen molar-refractivity contribution in [1.82, 2.24) is 9.88 Å². The first-order valence-electron chi connectivity index (χ1n) is 6.19. The van der Waals surface area contributed by atoms with Gasteiger partial charge in [-0.1, -0.05) is 13.0 Å². The van der Waals surface area contributed by atoms with Crippen LogP contribution in [0.3, 0.4) is 0 Å². The van der Waals surface area contributed by atoms with E-state index in [0.29, 0.717) is 11.9 Å². The fourth-order valence-corrected chi connectivity index (χ4v) is 2.68.